The lowest BCUT2D eigenvalue weighted by Crippen LogP contribution is -2.32. The average molecular weight is 254 g/mol. The van der Waals surface area contributed by atoms with Crippen molar-refractivity contribution in [3.63, 3.8) is 0 Å². The molecule has 0 saturated carbocycles. The van der Waals surface area contributed by atoms with Crippen LogP contribution in [0.3, 0.4) is 0 Å². The molecule has 1 aliphatic rings. The fourth-order valence-electron chi connectivity index (χ4n) is 2.16. The number of halogens is 2. The Kier molecular flexibility index (Phi) is 4.25. The third-order valence-electron chi connectivity index (χ3n) is 3.10. The van der Waals surface area contributed by atoms with Gasteiger partial charge in [-0.15, -0.1) is 0 Å². The first kappa shape index (κ1) is 13.0. The molecule has 5 heteroatoms. The molecule has 1 aromatic carbocycles. The van der Waals surface area contributed by atoms with E-state index in [9.17, 15) is 13.6 Å². The maximum Gasteiger partial charge on any atom is 0.224 e. The minimum Gasteiger partial charge on any atom is -0.323 e. The quantitative estimate of drug-likeness (QED) is 0.869. The van der Waals surface area contributed by atoms with Crippen LogP contribution in [0.5, 0.6) is 0 Å². The highest BCUT2D eigenvalue weighted by Gasteiger charge is 2.18. The molecule has 1 amide bonds. The molecule has 0 bridgehead atoms. The second-order valence-electron chi connectivity index (χ2n) is 4.57. The van der Waals surface area contributed by atoms with Crippen molar-refractivity contribution in [2.45, 2.75) is 19.3 Å². The standard InChI is InChI=1S/C13H16F2N2O/c14-10-4-1-5-11(13(10)15)17-12(18)7-9-3-2-6-16-8-9/h1,4-5,9,16H,2-3,6-8H2,(H,17,18). The largest absolute Gasteiger partial charge is 0.323 e. The summed E-state index contributed by atoms with van der Waals surface area (Å²) < 4.78 is 26.3. The SMILES string of the molecule is O=C(CC1CCCNC1)Nc1cccc(F)c1F. The molecule has 1 unspecified atom stereocenters. The predicted octanol–water partition coefficient (Wildman–Crippen LogP) is 2.29. The summed E-state index contributed by atoms with van der Waals surface area (Å²) in [4.78, 5) is 11.7. The number of hydrogen-bond acceptors (Lipinski definition) is 2. The van der Waals surface area contributed by atoms with Gasteiger partial charge in [-0.05, 0) is 44.0 Å². The summed E-state index contributed by atoms with van der Waals surface area (Å²) in [6.07, 6.45) is 2.38. The topological polar surface area (TPSA) is 41.1 Å². The number of nitrogens with one attached hydrogen (secondary N) is 2. The van der Waals surface area contributed by atoms with Crippen molar-refractivity contribution in [1.29, 1.82) is 0 Å². The van der Waals surface area contributed by atoms with Crippen LogP contribution in [0.15, 0.2) is 18.2 Å². The molecule has 1 aliphatic heterocycles. The second kappa shape index (κ2) is 5.91. The summed E-state index contributed by atoms with van der Waals surface area (Å²) in [7, 11) is 0. The van der Waals surface area contributed by atoms with E-state index >= 15 is 0 Å². The highest BCUT2D eigenvalue weighted by molar-refractivity contribution is 5.91. The van der Waals surface area contributed by atoms with Crippen LogP contribution < -0.4 is 10.6 Å². The first-order valence-corrected chi connectivity index (χ1v) is 6.11. The van der Waals surface area contributed by atoms with Gasteiger partial charge in [-0.25, -0.2) is 8.78 Å². The van der Waals surface area contributed by atoms with Gasteiger partial charge < -0.3 is 10.6 Å². The Morgan fingerprint density at radius 1 is 1.44 bits per heavy atom. The van der Waals surface area contributed by atoms with Crippen LogP contribution in [0.1, 0.15) is 19.3 Å². The Balaban J connectivity index is 1.92. The van der Waals surface area contributed by atoms with E-state index in [1.807, 2.05) is 0 Å². The molecule has 1 heterocycles. The van der Waals surface area contributed by atoms with Gasteiger partial charge in [0, 0.05) is 6.42 Å². The van der Waals surface area contributed by atoms with Gasteiger partial charge in [-0.3, -0.25) is 4.79 Å². The minimum absolute atomic E-state index is 0.0937. The molecule has 2 rings (SSSR count). The van der Waals surface area contributed by atoms with Gasteiger partial charge in [0.25, 0.3) is 0 Å². The summed E-state index contributed by atoms with van der Waals surface area (Å²) in [5, 5.41) is 5.63. The third kappa shape index (κ3) is 3.26. The molecule has 98 valence electrons. The number of rotatable bonds is 3. The van der Waals surface area contributed by atoms with Gasteiger partial charge >= 0.3 is 0 Å². The highest BCUT2D eigenvalue weighted by atomic mass is 19.2. The molecule has 1 atom stereocenters. The molecule has 0 aliphatic carbocycles. The number of piperidine rings is 1. The Morgan fingerprint density at radius 2 is 2.28 bits per heavy atom. The molecule has 1 fully saturated rings. The molecule has 0 spiro atoms. The summed E-state index contributed by atoms with van der Waals surface area (Å²) in [6.45, 7) is 1.79. The Hall–Kier alpha value is -1.49. The summed E-state index contributed by atoms with van der Waals surface area (Å²) in [6, 6.07) is 3.75. The normalized spacial score (nSPS) is 19.6. The van der Waals surface area contributed by atoms with Crippen LogP contribution in [0.4, 0.5) is 14.5 Å². The molecule has 0 aromatic heterocycles. The molecular weight excluding hydrogens is 238 g/mol. The van der Waals surface area contributed by atoms with Crippen LogP contribution in [0, 0.1) is 17.6 Å². The number of carbonyl (C=O) groups is 1. The van der Waals surface area contributed by atoms with Crippen LogP contribution in [-0.4, -0.2) is 19.0 Å². The number of anilines is 1. The maximum absolute atomic E-state index is 13.3. The molecular formula is C13H16F2N2O. The predicted molar refractivity (Wildman–Crippen MR) is 65.2 cm³/mol. The number of amides is 1. The number of benzene rings is 1. The number of hydrogen-bond donors (Lipinski definition) is 2. The van der Waals surface area contributed by atoms with E-state index in [1.165, 1.54) is 12.1 Å². The first-order valence-electron chi connectivity index (χ1n) is 6.11. The fraction of sp³-hybridized carbons (Fsp3) is 0.462. The van der Waals surface area contributed by atoms with Crippen molar-refractivity contribution < 1.29 is 13.6 Å². The zero-order valence-electron chi connectivity index (χ0n) is 10.0. The van der Waals surface area contributed by atoms with Gasteiger partial charge in [-0.1, -0.05) is 6.07 Å². The van der Waals surface area contributed by atoms with E-state index in [2.05, 4.69) is 10.6 Å². The van der Waals surface area contributed by atoms with Gasteiger partial charge in [0.2, 0.25) is 5.91 Å². The molecule has 1 aromatic rings. The van der Waals surface area contributed by atoms with E-state index in [0.717, 1.165) is 32.0 Å². The van der Waals surface area contributed by atoms with Crippen LogP contribution in [-0.2, 0) is 4.79 Å². The van der Waals surface area contributed by atoms with Gasteiger partial charge in [-0.2, -0.15) is 0 Å². The van der Waals surface area contributed by atoms with Crippen LogP contribution in [0.2, 0.25) is 0 Å². The van der Waals surface area contributed by atoms with E-state index < -0.39 is 11.6 Å². The maximum atomic E-state index is 13.3. The summed E-state index contributed by atoms with van der Waals surface area (Å²) in [5.74, 6) is -1.96. The second-order valence-corrected chi connectivity index (χ2v) is 4.57. The zero-order chi connectivity index (χ0) is 13.0. The van der Waals surface area contributed by atoms with E-state index in [1.54, 1.807) is 0 Å². The monoisotopic (exact) mass is 254 g/mol. The van der Waals surface area contributed by atoms with Gasteiger partial charge in [0.05, 0.1) is 5.69 Å². The minimum atomic E-state index is -1.01. The molecule has 0 radical (unpaired) electrons. The van der Waals surface area contributed by atoms with Crippen molar-refractivity contribution in [2.75, 3.05) is 18.4 Å². The van der Waals surface area contributed by atoms with Gasteiger partial charge in [0.1, 0.15) is 0 Å². The van der Waals surface area contributed by atoms with E-state index in [-0.39, 0.29) is 17.5 Å². The van der Waals surface area contributed by atoms with Crippen molar-refractivity contribution in [3.05, 3.63) is 29.8 Å². The summed E-state index contributed by atoms with van der Waals surface area (Å²) >= 11 is 0. The zero-order valence-corrected chi connectivity index (χ0v) is 10.0. The molecule has 1 saturated heterocycles. The van der Waals surface area contributed by atoms with Crippen molar-refractivity contribution in [2.24, 2.45) is 5.92 Å². The first-order chi connectivity index (χ1) is 8.66. The lowest BCUT2D eigenvalue weighted by Gasteiger charge is -2.22. The Labute approximate surface area is 105 Å². The highest BCUT2D eigenvalue weighted by Crippen LogP contribution is 2.19. The molecule has 18 heavy (non-hydrogen) atoms. The molecule has 3 nitrogen and oxygen atoms in total. The summed E-state index contributed by atoms with van der Waals surface area (Å²) in [5.41, 5.74) is -0.0937. The van der Waals surface area contributed by atoms with Gasteiger partial charge in [0.15, 0.2) is 11.6 Å². The fourth-order valence-corrected chi connectivity index (χ4v) is 2.16. The lowest BCUT2D eigenvalue weighted by molar-refractivity contribution is -0.117. The van der Waals surface area contributed by atoms with Crippen LogP contribution >= 0.6 is 0 Å². The van der Waals surface area contributed by atoms with Crippen LogP contribution in [0.25, 0.3) is 0 Å². The van der Waals surface area contributed by atoms with E-state index in [0.29, 0.717) is 6.42 Å². The van der Waals surface area contributed by atoms with E-state index in [4.69, 9.17) is 0 Å². The third-order valence-corrected chi connectivity index (χ3v) is 3.10. The van der Waals surface area contributed by atoms with Crippen molar-refractivity contribution >= 4 is 11.6 Å². The average Bonchev–Trinajstić information content (AvgIpc) is 2.36. The Morgan fingerprint density at radius 3 is 3.00 bits per heavy atom. The van der Waals surface area contributed by atoms with Crippen molar-refractivity contribution in [1.82, 2.24) is 5.32 Å². The lowest BCUT2D eigenvalue weighted by atomic mass is 9.96. The smallest absolute Gasteiger partial charge is 0.224 e. The number of carbonyl (C=O) groups excluding carboxylic acids is 1. The Bertz CT molecular complexity index is 431. The van der Waals surface area contributed by atoms with Crippen molar-refractivity contribution in [3.8, 4) is 0 Å². The molecule has 2 N–H and O–H groups in total.